The van der Waals surface area contributed by atoms with Gasteiger partial charge >= 0.3 is 0 Å². The van der Waals surface area contributed by atoms with Gasteiger partial charge in [-0.3, -0.25) is 0 Å². The Kier molecular flexibility index (Phi) is 3.51. The number of fused-ring (bicyclic) bond motifs is 1. The minimum absolute atomic E-state index is 0.520. The third-order valence-electron chi connectivity index (χ3n) is 3.80. The Balaban J connectivity index is 1.95. The molecule has 0 saturated heterocycles. The third kappa shape index (κ3) is 2.49. The molecule has 0 amide bonds. The maximum absolute atomic E-state index is 4.12. The van der Waals surface area contributed by atoms with Crippen molar-refractivity contribution in [2.24, 2.45) is 0 Å². The van der Waals surface area contributed by atoms with Gasteiger partial charge in [-0.15, -0.1) is 0 Å². The van der Waals surface area contributed by atoms with Gasteiger partial charge in [0.2, 0.25) is 0 Å². The zero-order valence-electron chi connectivity index (χ0n) is 11.3. The molecule has 0 fully saturated rings. The molecule has 0 saturated carbocycles. The van der Waals surface area contributed by atoms with Gasteiger partial charge in [-0.2, -0.15) is 0 Å². The first-order chi connectivity index (χ1) is 9.38. The molecule has 100 valence electrons. The van der Waals surface area contributed by atoms with Gasteiger partial charge in [0.15, 0.2) is 0 Å². The molecule has 0 spiro atoms. The van der Waals surface area contributed by atoms with Crippen LogP contribution in [-0.4, -0.2) is 22.6 Å². The van der Waals surface area contributed by atoms with E-state index >= 15 is 0 Å². The summed E-state index contributed by atoms with van der Waals surface area (Å²) in [6.45, 7) is 5.11. The smallest absolute Gasteiger partial charge is 0.0922 e. The van der Waals surface area contributed by atoms with Gasteiger partial charge in [-0.1, -0.05) is 25.1 Å². The van der Waals surface area contributed by atoms with Crippen LogP contribution in [0.1, 0.15) is 24.6 Å². The van der Waals surface area contributed by atoms with E-state index in [4.69, 9.17) is 0 Å². The van der Waals surface area contributed by atoms with Crippen molar-refractivity contribution in [3.05, 3.63) is 48.0 Å². The lowest BCUT2D eigenvalue weighted by atomic mass is 10.1. The SMILES string of the molecule is CCC1CNCc2ccccc2N1Cc1cnc[nH]1. The molecule has 2 N–H and O–H groups in total. The molecule has 1 aliphatic heterocycles. The molecule has 1 aromatic heterocycles. The summed E-state index contributed by atoms with van der Waals surface area (Å²) in [7, 11) is 0. The molecule has 1 aromatic carbocycles. The molecule has 4 nitrogen and oxygen atoms in total. The number of nitrogens with zero attached hydrogens (tertiary/aromatic N) is 2. The first kappa shape index (κ1) is 12.2. The Morgan fingerprint density at radius 3 is 3.05 bits per heavy atom. The van der Waals surface area contributed by atoms with E-state index in [1.807, 2.05) is 6.20 Å². The van der Waals surface area contributed by atoms with E-state index in [0.717, 1.165) is 31.7 Å². The average Bonchev–Trinajstić information content (AvgIpc) is 2.88. The lowest BCUT2D eigenvalue weighted by Crippen LogP contribution is -2.39. The average molecular weight is 256 g/mol. The van der Waals surface area contributed by atoms with E-state index in [-0.39, 0.29) is 0 Å². The number of benzene rings is 1. The Labute approximate surface area is 113 Å². The van der Waals surface area contributed by atoms with E-state index < -0.39 is 0 Å². The summed E-state index contributed by atoms with van der Waals surface area (Å²) in [5.41, 5.74) is 3.88. The zero-order chi connectivity index (χ0) is 13.1. The topological polar surface area (TPSA) is 44.0 Å². The summed E-state index contributed by atoms with van der Waals surface area (Å²) in [5, 5.41) is 3.55. The number of anilines is 1. The molecule has 1 unspecified atom stereocenters. The van der Waals surface area contributed by atoms with E-state index in [0.29, 0.717) is 6.04 Å². The van der Waals surface area contributed by atoms with Gasteiger partial charge in [0.25, 0.3) is 0 Å². The van der Waals surface area contributed by atoms with Crippen LogP contribution >= 0.6 is 0 Å². The summed E-state index contributed by atoms with van der Waals surface area (Å²) >= 11 is 0. The molecule has 0 bridgehead atoms. The number of rotatable bonds is 3. The zero-order valence-corrected chi connectivity index (χ0v) is 11.3. The van der Waals surface area contributed by atoms with Crippen molar-refractivity contribution in [2.75, 3.05) is 11.4 Å². The minimum atomic E-state index is 0.520. The largest absolute Gasteiger partial charge is 0.361 e. The number of hydrogen-bond donors (Lipinski definition) is 2. The molecule has 2 heterocycles. The van der Waals surface area contributed by atoms with Crippen LogP contribution in [-0.2, 0) is 13.1 Å². The molecule has 3 rings (SSSR count). The first-order valence-corrected chi connectivity index (χ1v) is 6.91. The summed E-state index contributed by atoms with van der Waals surface area (Å²) in [6.07, 6.45) is 4.79. The summed E-state index contributed by atoms with van der Waals surface area (Å²) in [5.74, 6) is 0. The van der Waals surface area contributed by atoms with Gasteiger partial charge < -0.3 is 15.2 Å². The van der Waals surface area contributed by atoms with Gasteiger partial charge in [-0.05, 0) is 18.1 Å². The van der Waals surface area contributed by atoms with Crippen molar-refractivity contribution in [2.45, 2.75) is 32.5 Å². The van der Waals surface area contributed by atoms with E-state index in [2.05, 4.69) is 51.4 Å². The fourth-order valence-corrected chi connectivity index (χ4v) is 2.75. The van der Waals surface area contributed by atoms with E-state index in [9.17, 15) is 0 Å². The number of H-pyrrole nitrogens is 1. The molecule has 19 heavy (non-hydrogen) atoms. The predicted octanol–water partition coefficient (Wildman–Crippen LogP) is 2.30. The second kappa shape index (κ2) is 5.45. The second-order valence-corrected chi connectivity index (χ2v) is 5.03. The van der Waals surface area contributed by atoms with Gasteiger partial charge in [0, 0.05) is 31.0 Å². The fraction of sp³-hybridized carbons (Fsp3) is 0.400. The van der Waals surface area contributed by atoms with Gasteiger partial charge in [-0.25, -0.2) is 4.98 Å². The van der Waals surface area contributed by atoms with Crippen molar-refractivity contribution in [1.29, 1.82) is 0 Å². The number of imidazole rings is 1. The third-order valence-corrected chi connectivity index (χ3v) is 3.80. The highest BCUT2D eigenvalue weighted by Gasteiger charge is 2.23. The van der Waals surface area contributed by atoms with Crippen LogP contribution in [0.15, 0.2) is 36.8 Å². The van der Waals surface area contributed by atoms with E-state index in [1.54, 1.807) is 6.33 Å². The Morgan fingerprint density at radius 2 is 2.26 bits per heavy atom. The van der Waals surface area contributed by atoms with Crippen molar-refractivity contribution in [1.82, 2.24) is 15.3 Å². The van der Waals surface area contributed by atoms with Crippen LogP contribution < -0.4 is 10.2 Å². The monoisotopic (exact) mass is 256 g/mol. The fourth-order valence-electron chi connectivity index (χ4n) is 2.75. The molecular formula is C15H20N4. The van der Waals surface area contributed by atoms with Crippen LogP contribution in [0.2, 0.25) is 0 Å². The Bertz CT molecular complexity index is 521. The predicted molar refractivity (Wildman–Crippen MR) is 77.0 cm³/mol. The number of aromatic nitrogens is 2. The highest BCUT2D eigenvalue weighted by atomic mass is 15.2. The van der Waals surface area contributed by atoms with Crippen LogP contribution in [0.25, 0.3) is 0 Å². The maximum atomic E-state index is 4.12. The number of para-hydroxylation sites is 1. The lowest BCUT2D eigenvalue weighted by Gasteiger charge is -2.32. The Morgan fingerprint density at radius 1 is 1.37 bits per heavy atom. The molecular weight excluding hydrogens is 236 g/mol. The molecule has 2 aromatic rings. The van der Waals surface area contributed by atoms with Crippen molar-refractivity contribution in [3.8, 4) is 0 Å². The quantitative estimate of drug-likeness (QED) is 0.885. The molecule has 0 radical (unpaired) electrons. The van der Waals surface area contributed by atoms with Crippen LogP contribution in [0.4, 0.5) is 5.69 Å². The van der Waals surface area contributed by atoms with Crippen molar-refractivity contribution in [3.63, 3.8) is 0 Å². The van der Waals surface area contributed by atoms with Crippen LogP contribution in [0.5, 0.6) is 0 Å². The maximum Gasteiger partial charge on any atom is 0.0922 e. The number of hydrogen-bond acceptors (Lipinski definition) is 3. The van der Waals surface area contributed by atoms with Gasteiger partial charge in [0.05, 0.1) is 18.6 Å². The lowest BCUT2D eigenvalue weighted by molar-refractivity contribution is 0.532. The van der Waals surface area contributed by atoms with Crippen molar-refractivity contribution < 1.29 is 0 Å². The minimum Gasteiger partial charge on any atom is -0.361 e. The highest BCUT2D eigenvalue weighted by Crippen LogP contribution is 2.27. The molecule has 1 aliphatic rings. The highest BCUT2D eigenvalue weighted by molar-refractivity contribution is 5.55. The standard InChI is InChI=1S/C15H20N4/c1-2-14-9-16-7-12-5-3-4-6-15(12)19(14)10-13-8-17-11-18-13/h3-6,8,11,14,16H,2,7,9-10H2,1H3,(H,17,18). The van der Waals surface area contributed by atoms with Crippen LogP contribution in [0.3, 0.4) is 0 Å². The van der Waals surface area contributed by atoms with Crippen molar-refractivity contribution >= 4 is 5.69 Å². The van der Waals surface area contributed by atoms with Crippen LogP contribution in [0, 0.1) is 0 Å². The summed E-state index contributed by atoms with van der Waals surface area (Å²) in [4.78, 5) is 9.82. The van der Waals surface area contributed by atoms with Gasteiger partial charge in [0.1, 0.15) is 0 Å². The van der Waals surface area contributed by atoms with E-state index in [1.165, 1.54) is 11.3 Å². The normalized spacial score (nSPS) is 19.0. The molecule has 1 atom stereocenters. The number of nitrogens with one attached hydrogen (secondary N) is 2. The number of aromatic amines is 1. The molecule has 0 aliphatic carbocycles. The second-order valence-electron chi connectivity index (χ2n) is 5.03. The summed E-state index contributed by atoms with van der Waals surface area (Å²) < 4.78 is 0. The summed E-state index contributed by atoms with van der Waals surface area (Å²) in [6, 6.07) is 9.19. The molecule has 4 heteroatoms. The Hall–Kier alpha value is -1.81. The first-order valence-electron chi connectivity index (χ1n) is 6.91.